The zero-order chi connectivity index (χ0) is 23.8. The van der Waals surface area contributed by atoms with E-state index in [1.807, 2.05) is 0 Å². The molecule has 9 nitrogen and oxygen atoms in total. The monoisotopic (exact) mass is 485 g/mol. The van der Waals surface area contributed by atoms with Crippen LogP contribution in [-0.2, 0) is 17.9 Å². The van der Waals surface area contributed by atoms with E-state index in [9.17, 15) is 14.4 Å². The number of carboxylic acids is 1. The molecular weight excluding hydrogens is 466 g/mol. The Kier molecular flexibility index (Phi) is 8.22. The summed E-state index contributed by atoms with van der Waals surface area (Å²) in [5, 5.41) is 23.7. The fraction of sp³-hybridized carbons (Fsp3) is 0.136. The summed E-state index contributed by atoms with van der Waals surface area (Å²) in [4.78, 5) is 35.5. The van der Waals surface area contributed by atoms with Crippen LogP contribution in [-0.4, -0.2) is 43.4 Å². The van der Waals surface area contributed by atoms with Crippen LogP contribution in [0.4, 0.5) is 5.69 Å². The van der Waals surface area contributed by atoms with Gasteiger partial charge in [-0.05, 0) is 48.5 Å². The highest BCUT2D eigenvalue weighted by Gasteiger charge is 2.15. The summed E-state index contributed by atoms with van der Waals surface area (Å²) < 4.78 is 1.76. The van der Waals surface area contributed by atoms with Crippen LogP contribution in [0.2, 0.25) is 5.02 Å². The molecule has 2 aromatic carbocycles. The Balaban J connectivity index is 1.58. The van der Waals surface area contributed by atoms with E-state index in [1.165, 1.54) is 36.0 Å². The number of allylic oxidation sites excluding steroid dienone is 1. The second-order valence-electron chi connectivity index (χ2n) is 6.71. The van der Waals surface area contributed by atoms with Gasteiger partial charge in [0.15, 0.2) is 11.0 Å². The van der Waals surface area contributed by atoms with Gasteiger partial charge in [0, 0.05) is 22.8 Å². The zero-order valence-electron chi connectivity index (χ0n) is 17.3. The molecule has 0 spiro atoms. The molecule has 3 N–H and O–H groups in total. The van der Waals surface area contributed by atoms with Gasteiger partial charge in [-0.2, -0.15) is 0 Å². The fourth-order valence-electron chi connectivity index (χ4n) is 2.75. The molecule has 0 aliphatic rings. The van der Waals surface area contributed by atoms with Crippen molar-refractivity contribution in [1.82, 2.24) is 20.1 Å². The number of aromatic carboxylic acids is 1. The van der Waals surface area contributed by atoms with Crippen molar-refractivity contribution in [2.45, 2.75) is 18.2 Å². The van der Waals surface area contributed by atoms with Crippen LogP contribution in [0.1, 0.15) is 26.5 Å². The van der Waals surface area contributed by atoms with Crippen molar-refractivity contribution in [2.24, 2.45) is 0 Å². The lowest BCUT2D eigenvalue weighted by Crippen LogP contribution is -2.24. The molecule has 170 valence electrons. The lowest BCUT2D eigenvalue weighted by Gasteiger charge is -2.09. The number of carbonyl (C=O) groups excluding carboxylic acids is 2. The Labute approximate surface area is 198 Å². The summed E-state index contributed by atoms with van der Waals surface area (Å²) in [5.41, 5.74) is 1.09. The number of aromatic nitrogens is 3. The van der Waals surface area contributed by atoms with Gasteiger partial charge in [0.25, 0.3) is 5.91 Å². The lowest BCUT2D eigenvalue weighted by molar-refractivity contribution is -0.113. The number of nitrogens with one attached hydrogen (secondary N) is 2. The molecule has 0 aliphatic heterocycles. The molecule has 0 radical (unpaired) electrons. The van der Waals surface area contributed by atoms with Gasteiger partial charge in [0.1, 0.15) is 0 Å². The van der Waals surface area contributed by atoms with Crippen LogP contribution >= 0.6 is 23.4 Å². The average Bonchev–Trinajstić information content (AvgIpc) is 3.18. The fourth-order valence-corrected chi connectivity index (χ4v) is 3.65. The molecule has 0 saturated carbocycles. The predicted octanol–water partition coefficient (Wildman–Crippen LogP) is 3.48. The van der Waals surface area contributed by atoms with Gasteiger partial charge in [0.2, 0.25) is 5.91 Å². The highest BCUT2D eigenvalue weighted by Crippen LogP contribution is 2.18. The van der Waals surface area contributed by atoms with E-state index >= 15 is 0 Å². The third-order valence-corrected chi connectivity index (χ3v) is 5.59. The van der Waals surface area contributed by atoms with Crippen molar-refractivity contribution in [3.05, 3.63) is 83.2 Å². The van der Waals surface area contributed by atoms with Gasteiger partial charge >= 0.3 is 5.97 Å². The van der Waals surface area contributed by atoms with E-state index in [1.54, 1.807) is 34.9 Å². The van der Waals surface area contributed by atoms with Crippen molar-refractivity contribution in [1.29, 1.82) is 0 Å². The standard InChI is InChI=1S/C22H20ClN5O4S/c1-2-11-28-18(12-24-20(30)14-3-7-16(23)8-4-14)26-27-22(28)33-13-19(29)25-17-9-5-15(6-10-17)21(31)32/h2-10H,1,11-13H2,(H,24,30)(H,25,29)(H,31,32). The first-order valence-electron chi connectivity index (χ1n) is 9.70. The number of hydrogen-bond acceptors (Lipinski definition) is 6. The van der Waals surface area contributed by atoms with Crippen molar-refractivity contribution in [3.8, 4) is 0 Å². The van der Waals surface area contributed by atoms with Crippen LogP contribution in [0.15, 0.2) is 66.3 Å². The number of thioether (sulfide) groups is 1. The predicted molar refractivity (Wildman–Crippen MR) is 126 cm³/mol. The number of rotatable bonds is 10. The largest absolute Gasteiger partial charge is 0.478 e. The van der Waals surface area contributed by atoms with E-state index in [0.29, 0.717) is 33.8 Å². The SMILES string of the molecule is C=CCn1c(CNC(=O)c2ccc(Cl)cc2)nnc1SCC(=O)Nc1ccc(C(=O)O)cc1. The van der Waals surface area contributed by atoms with Gasteiger partial charge in [-0.15, -0.1) is 16.8 Å². The summed E-state index contributed by atoms with van der Waals surface area (Å²) in [6.45, 7) is 4.28. The van der Waals surface area contributed by atoms with E-state index in [0.717, 1.165) is 0 Å². The number of carbonyl (C=O) groups is 3. The zero-order valence-corrected chi connectivity index (χ0v) is 18.9. The number of nitrogens with zero attached hydrogens (tertiary/aromatic N) is 3. The summed E-state index contributed by atoms with van der Waals surface area (Å²) in [6, 6.07) is 12.4. The first-order valence-corrected chi connectivity index (χ1v) is 11.1. The first-order chi connectivity index (χ1) is 15.9. The van der Waals surface area contributed by atoms with Crippen LogP contribution in [0.25, 0.3) is 0 Å². The maximum atomic E-state index is 12.3. The van der Waals surface area contributed by atoms with Gasteiger partial charge < -0.3 is 20.3 Å². The first kappa shape index (κ1) is 24.0. The van der Waals surface area contributed by atoms with Gasteiger partial charge in [0.05, 0.1) is 17.9 Å². The molecule has 0 unspecified atom stereocenters. The summed E-state index contributed by atoms with van der Waals surface area (Å²) >= 11 is 7.03. The Morgan fingerprint density at radius 1 is 1.06 bits per heavy atom. The Morgan fingerprint density at radius 2 is 1.73 bits per heavy atom. The van der Waals surface area contributed by atoms with Crippen LogP contribution < -0.4 is 10.6 Å². The summed E-state index contributed by atoms with van der Waals surface area (Å²) in [7, 11) is 0. The molecule has 2 amide bonds. The van der Waals surface area contributed by atoms with Crippen LogP contribution in [0.3, 0.4) is 0 Å². The van der Waals surface area contributed by atoms with E-state index in [4.69, 9.17) is 16.7 Å². The summed E-state index contributed by atoms with van der Waals surface area (Å²) in [6.07, 6.45) is 1.67. The molecule has 1 aromatic heterocycles. The topological polar surface area (TPSA) is 126 Å². The molecular formula is C22H20ClN5O4S. The number of anilines is 1. The Bertz CT molecular complexity index is 1160. The number of benzene rings is 2. The minimum Gasteiger partial charge on any atom is -0.478 e. The molecule has 33 heavy (non-hydrogen) atoms. The molecule has 0 bridgehead atoms. The van der Waals surface area contributed by atoms with Gasteiger partial charge in [-0.25, -0.2) is 4.79 Å². The van der Waals surface area contributed by atoms with Crippen molar-refractivity contribution < 1.29 is 19.5 Å². The molecule has 0 atom stereocenters. The molecule has 0 fully saturated rings. The van der Waals surface area contributed by atoms with Crippen molar-refractivity contribution in [3.63, 3.8) is 0 Å². The quantitative estimate of drug-likeness (QED) is 0.296. The molecule has 3 rings (SSSR count). The third kappa shape index (κ3) is 6.67. The lowest BCUT2D eigenvalue weighted by atomic mass is 10.2. The number of amides is 2. The second kappa shape index (κ2) is 11.3. The van der Waals surface area contributed by atoms with E-state index in [-0.39, 0.29) is 29.7 Å². The molecule has 0 aliphatic carbocycles. The Hall–Kier alpha value is -3.63. The molecule has 1 heterocycles. The number of hydrogen-bond donors (Lipinski definition) is 3. The van der Waals surface area contributed by atoms with Gasteiger partial charge in [-0.1, -0.05) is 29.4 Å². The molecule has 3 aromatic rings. The van der Waals surface area contributed by atoms with E-state index < -0.39 is 5.97 Å². The number of carboxylic acid groups (broad SMARTS) is 1. The normalized spacial score (nSPS) is 10.5. The van der Waals surface area contributed by atoms with Crippen molar-refractivity contribution in [2.75, 3.05) is 11.1 Å². The number of halogens is 1. The van der Waals surface area contributed by atoms with Crippen LogP contribution in [0, 0.1) is 0 Å². The highest BCUT2D eigenvalue weighted by atomic mass is 35.5. The Morgan fingerprint density at radius 3 is 2.36 bits per heavy atom. The molecule has 0 saturated heterocycles. The van der Waals surface area contributed by atoms with Crippen molar-refractivity contribution >= 4 is 46.8 Å². The maximum Gasteiger partial charge on any atom is 0.335 e. The van der Waals surface area contributed by atoms with Gasteiger partial charge in [-0.3, -0.25) is 9.59 Å². The minimum absolute atomic E-state index is 0.0626. The maximum absolute atomic E-state index is 12.3. The molecule has 11 heteroatoms. The van der Waals surface area contributed by atoms with E-state index in [2.05, 4.69) is 27.4 Å². The average molecular weight is 486 g/mol. The smallest absolute Gasteiger partial charge is 0.335 e. The second-order valence-corrected chi connectivity index (χ2v) is 8.09. The van der Waals surface area contributed by atoms with Crippen LogP contribution in [0.5, 0.6) is 0 Å². The third-order valence-electron chi connectivity index (χ3n) is 4.37. The highest BCUT2D eigenvalue weighted by molar-refractivity contribution is 7.99. The summed E-state index contributed by atoms with van der Waals surface area (Å²) in [5.74, 6) is -1.02. The minimum atomic E-state index is -1.04.